The van der Waals surface area contributed by atoms with Gasteiger partial charge in [-0.1, -0.05) is 0 Å². The van der Waals surface area contributed by atoms with Gasteiger partial charge in [-0.25, -0.2) is 15.0 Å². The molecule has 1 aliphatic heterocycles. The molecular weight excluding hydrogens is 601 g/mol. The third kappa shape index (κ3) is 7.79. The Balaban J connectivity index is 0.000000256. The van der Waals surface area contributed by atoms with E-state index in [0.717, 1.165) is 37.7 Å². The van der Waals surface area contributed by atoms with Gasteiger partial charge >= 0.3 is 5.97 Å². The second-order valence-corrected chi connectivity index (χ2v) is 9.94. The molecule has 3 heterocycles. The van der Waals surface area contributed by atoms with Gasteiger partial charge in [-0.15, -0.1) is 12.4 Å². The summed E-state index contributed by atoms with van der Waals surface area (Å²) < 4.78 is 21.0. The number of nitrogens with zero attached hydrogens (tertiary/aromatic N) is 5. The number of aromatic nitrogens is 4. The molecule has 0 amide bonds. The molecule has 0 aliphatic carbocycles. The monoisotopic (exact) mass is 635 g/mol. The molecule has 1 aliphatic rings. The van der Waals surface area contributed by atoms with Crippen molar-refractivity contribution in [3.8, 4) is 23.0 Å². The number of ether oxygens (including phenoxy) is 4. The van der Waals surface area contributed by atoms with Crippen LogP contribution in [0.1, 0.15) is 25.7 Å². The van der Waals surface area contributed by atoms with Crippen LogP contribution in [0, 0.1) is 5.92 Å². The summed E-state index contributed by atoms with van der Waals surface area (Å²) in [7, 11) is 6.26. The molecule has 232 valence electrons. The van der Waals surface area contributed by atoms with Crippen LogP contribution in [-0.4, -0.2) is 72.5 Å². The first-order valence-electron chi connectivity index (χ1n) is 13.2. The first-order chi connectivity index (χ1) is 20.2. The summed E-state index contributed by atoms with van der Waals surface area (Å²) in [4.78, 5) is 29.9. The van der Waals surface area contributed by atoms with Gasteiger partial charge in [0.1, 0.15) is 11.6 Å². The summed E-state index contributed by atoms with van der Waals surface area (Å²) in [5, 5.41) is 10.3. The Morgan fingerprint density at radius 3 is 1.79 bits per heavy atom. The summed E-state index contributed by atoms with van der Waals surface area (Å²) in [5.41, 5.74) is 13.2. The SMILES string of the molecule is COc1cc2nc(Cl)nc(N)c2cc1OC.COc1cc2nc(N3CCC(CCC(=O)O)CC3)nc(N)c2cc1OC.Cl. The highest BCUT2D eigenvalue weighted by molar-refractivity contribution is 6.28. The maximum Gasteiger partial charge on any atom is 0.303 e. The second-order valence-electron chi connectivity index (χ2n) is 9.60. The fourth-order valence-corrected chi connectivity index (χ4v) is 4.99. The predicted molar refractivity (Wildman–Crippen MR) is 168 cm³/mol. The predicted octanol–water partition coefficient (Wildman–Crippen LogP) is 4.61. The number of halogens is 2. The lowest BCUT2D eigenvalue weighted by molar-refractivity contribution is -0.137. The van der Waals surface area contributed by atoms with Gasteiger partial charge in [-0.05, 0) is 48.9 Å². The molecule has 0 radical (unpaired) electrons. The van der Waals surface area contributed by atoms with Crippen LogP contribution in [0.3, 0.4) is 0 Å². The van der Waals surface area contributed by atoms with Crippen molar-refractivity contribution in [2.75, 3.05) is 57.9 Å². The van der Waals surface area contributed by atoms with E-state index in [4.69, 9.17) is 47.1 Å². The maximum absolute atomic E-state index is 10.7. The number of hydrogen-bond acceptors (Lipinski definition) is 12. The molecule has 5 N–H and O–H groups in total. The highest BCUT2D eigenvalue weighted by Gasteiger charge is 2.23. The number of nitrogens with two attached hydrogens (primary N) is 2. The summed E-state index contributed by atoms with van der Waals surface area (Å²) in [6.45, 7) is 1.59. The largest absolute Gasteiger partial charge is 0.493 e. The van der Waals surface area contributed by atoms with Crippen LogP contribution in [0.2, 0.25) is 5.28 Å². The molecule has 43 heavy (non-hydrogen) atoms. The number of carboxylic acid groups (broad SMARTS) is 1. The van der Waals surface area contributed by atoms with Crippen molar-refractivity contribution >= 4 is 69.4 Å². The fraction of sp³-hybridized carbons (Fsp3) is 0.393. The fourth-order valence-electron chi connectivity index (χ4n) is 4.81. The number of fused-ring (bicyclic) bond motifs is 2. The average molecular weight is 637 g/mol. The smallest absolute Gasteiger partial charge is 0.303 e. The molecule has 0 saturated carbocycles. The first kappa shape index (κ1) is 33.3. The van der Waals surface area contributed by atoms with E-state index in [-0.39, 0.29) is 24.1 Å². The lowest BCUT2D eigenvalue weighted by Crippen LogP contribution is -2.35. The van der Waals surface area contributed by atoms with Crippen molar-refractivity contribution in [1.82, 2.24) is 19.9 Å². The lowest BCUT2D eigenvalue weighted by Gasteiger charge is -2.32. The van der Waals surface area contributed by atoms with Gasteiger partial charge in [0, 0.05) is 42.4 Å². The average Bonchev–Trinajstić information content (AvgIpc) is 2.99. The third-order valence-corrected chi connectivity index (χ3v) is 7.25. The summed E-state index contributed by atoms with van der Waals surface area (Å²) in [6, 6.07) is 7.01. The minimum atomic E-state index is -0.734. The number of rotatable bonds is 8. The van der Waals surface area contributed by atoms with Crippen LogP contribution in [0.25, 0.3) is 21.8 Å². The number of aliphatic carboxylic acids is 1. The first-order valence-corrected chi connectivity index (χ1v) is 13.6. The van der Waals surface area contributed by atoms with E-state index >= 15 is 0 Å². The van der Waals surface area contributed by atoms with Gasteiger partial charge in [-0.3, -0.25) is 4.79 Å². The minimum absolute atomic E-state index is 0. The molecule has 1 fully saturated rings. The molecule has 5 rings (SSSR count). The molecule has 0 unspecified atom stereocenters. The third-order valence-electron chi connectivity index (χ3n) is 7.09. The molecule has 15 heteroatoms. The van der Waals surface area contributed by atoms with Crippen molar-refractivity contribution in [1.29, 1.82) is 0 Å². The molecule has 0 bridgehead atoms. The van der Waals surface area contributed by atoms with Crippen LogP contribution in [0.4, 0.5) is 17.6 Å². The summed E-state index contributed by atoms with van der Waals surface area (Å²) >= 11 is 5.72. The zero-order valence-electron chi connectivity index (χ0n) is 24.3. The Bertz CT molecular complexity index is 1590. The number of carboxylic acids is 1. The van der Waals surface area contributed by atoms with Crippen molar-refractivity contribution < 1.29 is 28.8 Å². The number of hydrogen-bond donors (Lipinski definition) is 3. The van der Waals surface area contributed by atoms with E-state index < -0.39 is 5.97 Å². The van der Waals surface area contributed by atoms with Crippen molar-refractivity contribution in [3.05, 3.63) is 29.5 Å². The zero-order chi connectivity index (χ0) is 30.4. The molecule has 4 aromatic rings. The Labute approximate surface area is 259 Å². The van der Waals surface area contributed by atoms with Gasteiger partial charge in [0.25, 0.3) is 0 Å². The van der Waals surface area contributed by atoms with E-state index in [0.29, 0.717) is 62.9 Å². The van der Waals surface area contributed by atoms with Gasteiger partial charge in [0.15, 0.2) is 23.0 Å². The van der Waals surface area contributed by atoms with Gasteiger partial charge in [-0.2, -0.15) is 4.98 Å². The minimum Gasteiger partial charge on any atom is -0.493 e. The van der Waals surface area contributed by atoms with E-state index in [1.807, 2.05) is 0 Å². The Morgan fingerprint density at radius 2 is 1.30 bits per heavy atom. The van der Waals surface area contributed by atoms with Gasteiger partial charge in [0.2, 0.25) is 11.2 Å². The number of benzene rings is 2. The highest BCUT2D eigenvalue weighted by Crippen LogP contribution is 2.35. The van der Waals surface area contributed by atoms with Crippen molar-refractivity contribution in [3.63, 3.8) is 0 Å². The van der Waals surface area contributed by atoms with Crippen LogP contribution in [-0.2, 0) is 4.79 Å². The highest BCUT2D eigenvalue weighted by atomic mass is 35.5. The zero-order valence-corrected chi connectivity index (χ0v) is 25.9. The van der Waals surface area contributed by atoms with E-state index in [1.165, 1.54) is 0 Å². The number of carbonyl (C=O) groups is 1. The Hall–Kier alpha value is -4.23. The van der Waals surface area contributed by atoms with Crippen molar-refractivity contribution in [2.24, 2.45) is 5.92 Å². The number of methoxy groups -OCH3 is 4. The van der Waals surface area contributed by atoms with Crippen molar-refractivity contribution in [2.45, 2.75) is 25.7 Å². The number of anilines is 3. The van der Waals surface area contributed by atoms with Gasteiger partial charge in [0.05, 0.1) is 39.5 Å². The summed E-state index contributed by atoms with van der Waals surface area (Å²) in [6.07, 6.45) is 2.81. The molecule has 2 aromatic heterocycles. The molecule has 1 saturated heterocycles. The topological polar surface area (TPSA) is 181 Å². The Morgan fingerprint density at radius 1 is 0.837 bits per heavy atom. The van der Waals surface area contributed by atoms with Crippen LogP contribution in [0.5, 0.6) is 23.0 Å². The lowest BCUT2D eigenvalue weighted by atomic mass is 9.92. The van der Waals surface area contributed by atoms with Crippen LogP contribution >= 0.6 is 24.0 Å². The standard InChI is InChI=1S/C18H24N4O4.C10H10ClN3O2.ClH/c1-25-14-9-12-13(10-15(14)26-2)20-18(21-17(12)19)22-7-5-11(6-8-22)3-4-16(23)24;1-15-7-3-5-6(4-8(7)16-2)13-10(11)14-9(5)12;/h9-11H,3-8H2,1-2H3,(H,23,24)(H2,19,20,21);3-4H,1-2H3,(H2,12,13,14);1H. The quantitative estimate of drug-likeness (QED) is 0.228. The molecule has 0 atom stereocenters. The number of nitrogen functional groups attached to an aromatic ring is 2. The molecule has 13 nitrogen and oxygen atoms in total. The normalized spacial score (nSPS) is 13.1. The number of piperidine rings is 1. The van der Waals surface area contributed by atoms with E-state index in [2.05, 4.69) is 24.8 Å². The van der Waals surface area contributed by atoms with Gasteiger partial charge < -0.3 is 40.4 Å². The molecular formula is C28H35Cl2N7O6. The second kappa shape index (κ2) is 14.8. The summed E-state index contributed by atoms with van der Waals surface area (Å²) in [5.74, 6) is 3.34. The maximum atomic E-state index is 10.7. The Kier molecular flexibility index (Phi) is 11.4. The van der Waals surface area contributed by atoms with E-state index in [1.54, 1.807) is 52.7 Å². The molecule has 0 spiro atoms. The molecule has 2 aromatic carbocycles. The van der Waals surface area contributed by atoms with E-state index in [9.17, 15) is 4.79 Å². The van der Waals surface area contributed by atoms with Crippen LogP contribution < -0.4 is 35.3 Å². The van der Waals surface area contributed by atoms with Crippen LogP contribution in [0.15, 0.2) is 24.3 Å².